The van der Waals surface area contributed by atoms with E-state index in [0.717, 1.165) is 0 Å². The molecule has 2 rings (SSSR count). The molecule has 1 aromatic heterocycles. The second kappa shape index (κ2) is 5.28. The zero-order valence-electron chi connectivity index (χ0n) is 10.1. The normalized spacial score (nSPS) is 11.2. The monoisotopic (exact) mass is 312 g/mol. The van der Waals surface area contributed by atoms with Gasteiger partial charge in [-0.1, -0.05) is 18.3 Å². The Morgan fingerprint density at radius 2 is 1.89 bits per heavy atom. The summed E-state index contributed by atoms with van der Waals surface area (Å²) < 4.78 is 26.1. The van der Waals surface area contributed by atoms with Gasteiger partial charge in [-0.25, -0.2) is 8.42 Å². The second-order valence-corrected chi connectivity index (χ2v) is 7.40. The topological polar surface area (TPSA) is 63.4 Å². The molecule has 0 radical (unpaired) electrons. The summed E-state index contributed by atoms with van der Waals surface area (Å²) >= 11 is 6.05. The third-order valence-electron chi connectivity index (χ3n) is 2.63. The Kier molecular flexibility index (Phi) is 3.88. The van der Waals surface area contributed by atoms with E-state index in [0.29, 0.717) is 15.5 Å². The van der Waals surface area contributed by atoms with Crippen molar-refractivity contribution in [3.8, 4) is 0 Å². The van der Waals surface area contributed by atoms with Gasteiger partial charge in [-0.15, -0.1) is 11.3 Å². The number of rotatable bonds is 4. The summed E-state index contributed by atoms with van der Waals surface area (Å²) in [5, 5.41) is 1.73. The van der Waals surface area contributed by atoms with Crippen LogP contribution in [0.25, 0.3) is 0 Å². The highest BCUT2D eigenvalue weighted by Gasteiger charge is 2.22. The van der Waals surface area contributed by atoms with Crippen molar-refractivity contribution < 1.29 is 8.42 Å². The summed E-state index contributed by atoms with van der Waals surface area (Å²) in [7, 11) is -1.98. The number of benzene rings is 1. The van der Waals surface area contributed by atoms with Crippen LogP contribution < -0.4 is 10.0 Å². The largest absolute Gasteiger partial charge is 0.389 e. The fourth-order valence-electron chi connectivity index (χ4n) is 1.52. The van der Waals surface area contributed by atoms with Gasteiger partial charge >= 0.3 is 0 Å². The second-order valence-electron chi connectivity index (χ2n) is 3.82. The Hall–Kier alpha value is -1.44. The van der Waals surface area contributed by atoms with Crippen molar-refractivity contribution in [3.63, 3.8) is 0 Å². The average Bonchev–Trinajstić information content (AvgIpc) is 2.92. The Balaban J connectivity index is 2.34. The van der Waals surface area contributed by atoms with Gasteiger partial charge in [0.05, 0.1) is 5.69 Å². The molecule has 0 fully saturated rings. The molecule has 0 unspecified atom stereocenters. The lowest BCUT2D eigenvalue weighted by molar-refractivity contribution is 0.596. The maximum atomic E-state index is 12.3. The molecule has 2 N–H and O–H groups in total. The van der Waals surface area contributed by atoms with Crippen molar-refractivity contribution in [1.29, 1.82) is 0 Å². The van der Waals surface area contributed by atoms with Gasteiger partial charge in [0.15, 0.2) is 0 Å². The lowest BCUT2D eigenvalue weighted by Crippen LogP contribution is -2.25. The lowest BCUT2D eigenvalue weighted by atomic mass is 10.2. The minimum absolute atomic E-state index is 0.287. The lowest BCUT2D eigenvalue weighted by Gasteiger charge is -2.18. The molecule has 7 heteroatoms. The van der Waals surface area contributed by atoms with Crippen molar-refractivity contribution in [2.75, 3.05) is 11.4 Å². The van der Waals surface area contributed by atoms with Gasteiger partial charge in [-0.05, 0) is 35.7 Å². The van der Waals surface area contributed by atoms with Gasteiger partial charge < -0.3 is 5.73 Å². The summed E-state index contributed by atoms with van der Waals surface area (Å²) in [6.45, 7) is 0. The molecule has 0 saturated carbocycles. The number of thiocarbonyl (C=S) groups is 1. The number of nitrogens with two attached hydrogens (primary N) is 1. The van der Waals surface area contributed by atoms with Crippen molar-refractivity contribution in [2.45, 2.75) is 4.21 Å². The van der Waals surface area contributed by atoms with E-state index in [2.05, 4.69) is 0 Å². The molecule has 0 atom stereocenters. The van der Waals surface area contributed by atoms with E-state index in [9.17, 15) is 8.42 Å². The standard InChI is InChI=1S/C12H12N2O2S3/c1-14(19(15,16)11-3-2-8-18-11)10-6-4-9(5-7-10)12(13)17/h2-8H,1H3,(H2,13,17). The highest BCUT2D eigenvalue weighted by atomic mass is 32.2. The summed E-state index contributed by atoms with van der Waals surface area (Å²) in [6.07, 6.45) is 0. The smallest absolute Gasteiger partial charge is 0.273 e. The number of nitrogens with zero attached hydrogens (tertiary/aromatic N) is 1. The molecule has 0 bridgehead atoms. The Morgan fingerprint density at radius 3 is 2.37 bits per heavy atom. The van der Waals surface area contributed by atoms with Crippen LogP contribution in [0.4, 0.5) is 5.69 Å². The van der Waals surface area contributed by atoms with E-state index < -0.39 is 10.0 Å². The van der Waals surface area contributed by atoms with Crippen molar-refractivity contribution in [1.82, 2.24) is 0 Å². The maximum absolute atomic E-state index is 12.3. The van der Waals surface area contributed by atoms with E-state index in [-0.39, 0.29) is 4.99 Å². The number of anilines is 1. The van der Waals surface area contributed by atoms with E-state index in [1.165, 1.54) is 22.7 Å². The Labute approximate surface area is 121 Å². The zero-order valence-corrected chi connectivity index (χ0v) is 12.6. The third-order valence-corrected chi connectivity index (χ3v) is 6.02. The number of sulfonamides is 1. The van der Waals surface area contributed by atoms with E-state index in [4.69, 9.17) is 18.0 Å². The molecule has 1 aromatic carbocycles. The molecule has 4 nitrogen and oxygen atoms in total. The SMILES string of the molecule is CN(c1ccc(C(N)=S)cc1)S(=O)(=O)c1cccs1. The molecule has 0 saturated heterocycles. The van der Waals surface area contributed by atoms with Gasteiger partial charge in [0, 0.05) is 12.6 Å². The van der Waals surface area contributed by atoms with Crippen LogP contribution in [0, 0.1) is 0 Å². The van der Waals surface area contributed by atoms with Crippen molar-refractivity contribution in [3.05, 3.63) is 47.3 Å². The van der Waals surface area contributed by atoms with Crippen molar-refractivity contribution in [2.24, 2.45) is 5.73 Å². The van der Waals surface area contributed by atoms with Gasteiger partial charge in [-0.3, -0.25) is 4.31 Å². The van der Waals surface area contributed by atoms with Gasteiger partial charge in [0.25, 0.3) is 10.0 Å². The molecular weight excluding hydrogens is 300 g/mol. The molecule has 0 aliphatic carbocycles. The highest BCUT2D eigenvalue weighted by Crippen LogP contribution is 2.25. The van der Waals surface area contributed by atoms with Gasteiger partial charge in [0.2, 0.25) is 0 Å². The molecule has 0 spiro atoms. The molecular formula is C12H12N2O2S3. The third kappa shape index (κ3) is 2.78. The molecule has 100 valence electrons. The summed E-state index contributed by atoms with van der Waals surface area (Å²) in [5.41, 5.74) is 6.78. The van der Waals surface area contributed by atoms with Crippen LogP contribution in [0.1, 0.15) is 5.56 Å². The van der Waals surface area contributed by atoms with E-state index in [1.807, 2.05) is 0 Å². The fourth-order valence-corrected chi connectivity index (χ4v) is 4.01. The Bertz CT molecular complexity index is 676. The van der Waals surface area contributed by atoms with Crippen LogP contribution in [0.3, 0.4) is 0 Å². The number of thiophene rings is 1. The molecule has 2 aromatic rings. The molecule has 0 aliphatic rings. The minimum atomic E-state index is -3.49. The van der Waals surface area contributed by atoms with Crippen LogP contribution in [0.15, 0.2) is 46.0 Å². The van der Waals surface area contributed by atoms with Crippen LogP contribution in [0.5, 0.6) is 0 Å². The van der Waals surface area contributed by atoms with Crippen LogP contribution in [-0.2, 0) is 10.0 Å². The molecule has 19 heavy (non-hydrogen) atoms. The fraction of sp³-hybridized carbons (Fsp3) is 0.0833. The Morgan fingerprint density at radius 1 is 1.26 bits per heavy atom. The van der Waals surface area contributed by atoms with Crippen LogP contribution >= 0.6 is 23.6 Å². The number of hydrogen-bond acceptors (Lipinski definition) is 4. The first-order valence-corrected chi connectivity index (χ1v) is 8.08. The van der Waals surface area contributed by atoms with Gasteiger partial charge in [-0.2, -0.15) is 0 Å². The van der Waals surface area contributed by atoms with Crippen LogP contribution in [0.2, 0.25) is 0 Å². The molecule has 0 amide bonds. The maximum Gasteiger partial charge on any atom is 0.273 e. The van der Waals surface area contributed by atoms with Crippen LogP contribution in [-0.4, -0.2) is 20.5 Å². The first kappa shape index (κ1) is 14.0. The quantitative estimate of drug-likeness (QED) is 0.879. The van der Waals surface area contributed by atoms with E-state index in [1.54, 1.807) is 41.8 Å². The molecule has 1 heterocycles. The van der Waals surface area contributed by atoms with Crippen molar-refractivity contribution >= 4 is 44.3 Å². The number of hydrogen-bond donors (Lipinski definition) is 1. The zero-order chi connectivity index (χ0) is 14.0. The first-order valence-electron chi connectivity index (χ1n) is 5.35. The summed E-state index contributed by atoms with van der Waals surface area (Å²) in [4.78, 5) is 0.287. The van der Waals surface area contributed by atoms with E-state index >= 15 is 0 Å². The highest BCUT2D eigenvalue weighted by molar-refractivity contribution is 7.94. The minimum Gasteiger partial charge on any atom is -0.389 e. The summed E-state index contributed by atoms with van der Waals surface area (Å²) in [5.74, 6) is 0. The predicted octanol–water partition coefficient (Wildman–Crippen LogP) is 2.21. The predicted molar refractivity (Wildman–Crippen MR) is 82.2 cm³/mol. The average molecular weight is 312 g/mol. The molecule has 0 aliphatic heterocycles. The first-order chi connectivity index (χ1) is 8.93. The summed E-state index contributed by atoms with van der Waals surface area (Å²) in [6, 6.07) is 10.1. The van der Waals surface area contributed by atoms with Gasteiger partial charge in [0.1, 0.15) is 9.20 Å².